The number of methoxy groups -OCH3 is 2. The molecule has 2 rings (SSSR count). The number of aliphatic carboxylic acids is 1. The zero-order chi connectivity index (χ0) is 20.6. The quantitative estimate of drug-likeness (QED) is 0.389. The van der Waals surface area contributed by atoms with Gasteiger partial charge in [0.25, 0.3) is 0 Å². The van der Waals surface area contributed by atoms with Crippen molar-refractivity contribution in [3.8, 4) is 28.7 Å². The third kappa shape index (κ3) is 6.16. The van der Waals surface area contributed by atoms with Crippen LogP contribution < -0.4 is 9.47 Å². The fourth-order valence-corrected chi connectivity index (χ4v) is 1.85. The van der Waals surface area contributed by atoms with Crippen molar-refractivity contribution in [2.45, 2.75) is 0 Å². The number of aromatic carboxylic acids is 1. The summed E-state index contributed by atoms with van der Waals surface area (Å²) in [5.41, 5.74) is 0.456. The highest BCUT2D eigenvalue weighted by Gasteiger charge is 2.11. The summed E-state index contributed by atoms with van der Waals surface area (Å²) in [5, 5.41) is 43.4. The molecule has 0 amide bonds. The van der Waals surface area contributed by atoms with Crippen molar-refractivity contribution in [3.05, 3.63) is 47.5 Å². The number of carboxylic acid groups (broad SMARTS) is 2. The highest BCUT2D eigenvalue weighted by Crippen LogP contribution is 2.35. The molecule has 0 heterocycles. The van der Waals surface area contributed by atoms with Crippen LogP contribution in [0.3, 0.4) is 0 Å². The van der Waals surface area contributed by atoms with Gasteiger partial charge in [-0.1, -0.05) is 6.07 Å². The van der Waals surface area contributed by atoms with E-state index in [0.717, 1.165) is 23.8 Å². The van der Waals surface area contributed by atoms with Crippen LogP contribution in [0.4, 0.5) is 0 Å². The number of rotatable bonds is 5. The molecule has 27 heavy (non-hydrogen) atoms. The molecule has 9 heteroatoms. The topological polar surface area (TPSA) is 154 Å². The fraction of sp³-hybridized carbons (Fsp3) is 0.111. The highest BCUT2D eigenvalue weighted by molar-refractivity contribution is 5.89. The Kier molecular flexibility index (Phi) is 7.50. The van der Waals surface area contributed by atoms with Crippen molar-refractivity contribution < 1.29 is 44.6 Å². The van der Waals surface area contributed by atoms with Gasteiger partial charge >= 0.3 is 11.9 Å². The summed E-state index contributed by atoms with van der Waals surface area (Å²) in [4.78, 5) is 20.6. The minimum atomic E-state index is -1.29. The Labute approximate surface area is 154 Å². The fourth-order valence-electron chi connectivity index (χ4n) is 1.85. The lowest BCUT2D eigenvalue weighted by molar-refractivity contribution is -0.131. The van der Waals surface area contributed by atoms with Gasteiger partial charge in [-0.15, -0.1) is 0 Å². The first-order valence-corrected chi connectivity index (χ1v) is 7.30. The van der Waals surface area contributed by atoms with Crippen LogP contribution in [-0.4, -0.2) is 51.7 Å². The summed E-state index contributed by atoms with van der Waals surface area (Å²) < 4.78 is 10.1. The molecule has 2 aromatic carbocycles. The molecule has 0 spiro atoms. The monoisotopic (exact) mass is 378 g/mol. The normalized spacial score (nSPS) is 10.0. The zero-order valence-corrected chi connectivity index (χ0v) is 14.4. The van der Waals surface area contributed by atoms with Crippen molar-refractivity contribution in [3.63, 3.8) is 0 Å². The maximum Gasteiger partial charge on any atom is 0.335 e. The van der Waals surface area contributed by atoms with E-state index in [1.54, 1.807) is 25.3 Å². The van der Waals surface area contributed by atoms with Gasteiger partial charge in [0.2, 0.25) is 0 Å². The minimum absolute atomic E-state index is 0.289. The van der Waals surface area contributed by atoms with E-state index in [-0.39, 0.29) is 5.56 Å². The summed E-state index contributed by atoms with van der Waals surface area (Å²) in [6, 6.07) is 6.87. The van der Waals surface area contributed by atoms with E-state index < -0.39 is 29.2 Å². The first-order valence-electron chi connectivity index (χ1n) is 7.30. The molecule has 0 aliphatic carbocycles. The van der Waals surface area contributed by atoms with Crippen LogP contribution in [0, 0.1) is 0 Å². The van der Waals surface area contributed by atoms with Crippen molar-refractivity contribution in [2.24, 2.45) is 0 Å². The van der Waals surface area contributed by atoms with Gasteiger partial charge < -0.3 is 35.0 Å². The van der Waals surface area contributed by atoms with Gasteiger partial charge in [0.15, 0.2) is 28.7 Å². The lowest BCUT2D eigenvalue weighted by Crippen LogP contribution is -1.95. The van der Waals surface area contributed by atoms with Crippen molar-refractivity contribution in [2.75, 3.05) is 14.2 Å². The molecular weight excluding hydrogens is 360 g/mol. The van der Waals surface area contributed by atoms with Gasteiger partial charge in [-0.05, 0) is 35.9 Å². The Bertz CT molecular complexity index is 833. The van der Waals surface area contributed by atoms with E-state index in [9.17, 15) is 9.59 Å². The van der Waals surface area contributed by atoms with Crippen LogP contribution in [0.15, 0.2) is 36.4 Å². The van der Waals surface area contributed by atoms with Crippen LogP contribution in [-0.2, 0) is 4.79 Å². The summed E-state index contributed by atoms with van der Waals surface area (Å²) >= 11 is 0. The summed E-state index contributed by atoms with van der Waals surface area (Å²) in [6.45, 7) is 0. The number of ether oxygens (including phenoxy) is 2. The first kappa shape index (κ1) is 21.2. The van der Waals surface area contributed by atoms with Gasteiger partial charge in [-0.25, -0.2) is 9.59 Å². The van der Waals surface area contributed by atoms with Crippen molar-refractivity contribution in [1.29, 1.82) is 0 Å². The molecule has 0 saturated carbocycles. The largest absolute Gasteiger partial charge is 0.504 e. The molecule has 0 aliphatic rings. The molecule has 0 saturated heterocycles. The van der Waals surface area contributed by atoms with Crippen LogP contribution in [0.25, 0.3) is 6.08 Å². The number of aromatic hydroxyl groups is 3. The van der Waals surface area contributed by atoms with Crippen LogP contribution in [0.1, 0.15) is 15.9 Å². The van der Waals surface area contributed by atoms with E-state index in [4.69, 9.17) is 35.0 Å². The minimum Gasteiger partial charge on any atom is -0.504 e. The molecule has 0 aromatic heterocycles. The smallest absolute Gasteiger partial charge is 0.335 e. The van der Waals surface area contributed by atoms with Crippen LogP contribution >= 0.6 is 0 Å². The summed E-state index contributed by atoms with van der Waals surface area (Å²) in [5.74, 6) is -3.12. The average Bonchev–Trinajstić information content (AvgIpc) is 2.64. The van der Waals surface area contributed by atoms with Gasteiger partial charge in [-0.3, -0.25) is 0 Å². The van der Waals surface area contributed by atoms with Crippen molar-refractivity contribution in [1.82, 2.24) is 0 Å². The maximum absolute atomic E-state index is 10.3. The number of hydrogen-bond acceptors (Lipinski definition) is 7. The van der Waals surface area contributed by atoms with E-state index >= 15 is 0 Å². The molecule has 0 aliphatic heterocycles. The summed E-state index contributed by atoms with van der Waals surface area (Å²) in [7, 11) is 3.08. The second-order valence-electron chi connectivity index (χ2n) is 4.95. The Morgan fingerprint density at radius 2 is 1.44 bits per heavy atom. The maximum atomic E-state index is 10.3. The number of hydrogen-bond donors (Lipinski definition) is 5. The Balaban J connectivity index is 0.000000277. The molecule has 5 N–H and O–H groups in total. The zero-order valence-electron chi connectivity index (χ0n) is 14.4. The van der Waals surface area contributed by atoms with Gasteiger partial charge in [0.1, 0.15) is 0 Å². The Hall–Kier alpha value is -3.88. The molecule has 9 nitrogen and oxygen atoms in total. The Morgan fingerprint density at radius 1 is 0.889 bits per heavy atom. The number of carboxylic acids is 2. The predicted molar refractivity (Wildman–Crippen MR) is 94.6 cm³/mol. The number of phenolic OH excluding ortho intramolecular Hbond substituents is 3. The second-order valence-corrected chi connectivity index (χ2v) is 4.95. The molecule has 2 aromatic rings. The molecule has 0 unspecified atom stereocenters. The highest BCUT2D eigenvalue weighted by atomic mass is 16.5. The van der Waals surface area contributed by atoms with E-state index in [0.29, 0.717) is 11.5 Å². The van der Waals surface area contributed by atoms with Crippen LogP contribution in [0.2, 0.25) is 0 Å². The average molecular weight is 378 g/mol. The predicted octanol–water partition coefficient (Wildman–Crippen LogP) is 2.30. The number of benzene rings is 2. The molecule has 0 radical (unpaired) electrons. The lowest BCUT2D eigenvalue weighted by Gasteiger charge is -2.07. The SMILES string of the molecule is COc1ccc(C=CC(=O)O)cc1OC.O=C(O)c1cc(O)c(O)c(O)c1. The van der Waals surface area contributed by atoms with Gasteiger partial charge in [0, 0.05) is 6.08 Å². The molecule has 0 fully saturated rings. The number of phenols is 3. The van der Waals surface area contributed by atoms with Gasteiger partial charge in [-0.2, -0.15) is 0 Å². The third-order valence-corrected chi connectivity index (χ3v) is 3.14. The van der Waals surface area contributed by atoms with E-state index in [2.05, 4.69) is 0 Å². The summed E-state index contributed by atoms with van der Waals surface area (Å²) in [6.07, 6.45) is 2.56. The molecule has 144 valence electrons. The van der Waals surface area contributed by atoms with E-state index in [1.807, 2.05) is 0 Å². The first-order chi connectivity index (χ1) is 12.7. The Morgan fingerprint density at radius 3 is 1.89 bits per heavy atom. The molecule has 0 bridgehead atoms. The third-order valence-electron chi connectivity index (χ3n) is 3.14. The van der Waals surface area contributed by atoms with E-state index in [1.165, 1.54) is 13.2 Å². The second kappa shape index (κ2) is 9.56. The van der Waals surface area contributed by atoms with Crippen molar-refractivity contribution >= 4 is 18.0 Å². The van der Waals surface area contributed by atoms with Crippen LogP contribution in [0.5, 0.6) is 28.7 Å². The van der Waals surface area contributed by atoms with Gasteiger partial charge in [0.05, 0.1) is 19.8 Å². The number of carbonyl (C=O) groups is 2. The molecule has 0 atom stereocenters. The molecular formula is C18H18O9. The standard InChI is InChI=1S/C11H12O4.C7H6O5/c1-14-9-5-3-8(4-6-11(12)13)7-10(9)15-2;8-4-1-3(7(11)12)2-5(9)6(4)10/h3-7H,1-2H3,(H,12,13);1-2,8-10H,(H,11,12). The lowest BCUT2D eigenvalue weighted by atomic mass is 10.2.